The fourth-order valence-corrected chi connectivity index (χ4v) is 2.11. The molecule has 1 aromatic heterocycles. The topological polar surface area (TPSA) is 86.9 Å². The molecule has 0 aromatic carbocycles. The van der Waals surface area contributed by atoms with Crippen LogP contribution in [0, 0.1) is 6.92 Å². The van der Waals surface area contributed by atoms with Crippen molar-refractivity contribution in [2.45, 2.75) is 19.9 Å². The average molecular weight is 267 g/mol. The van der Waals surface area contributed by atoms with Gasteiger partial charge in [0.1, 0.15) is 6.42 Å². The molecule has 1 saturated heterocycles. The number of carbonyl (C=O) groups is 2. The monoisotopic (exact) mass is 267 g/mol. The molecular formula is C12H17N3O4. The van der Waals surface area contributed by atoms with Gasteiger partial charge in [0.05, 0.1) is 12.2 Å². The fourth-order valence-electron chi connectivity index (χ4n) is 2.11. The molecule has 2 heterocycles. The first-order chi connectivity index (χ1) is 9.04. The standard InChI is InChI=1S/C12H17N3O4/c1-9-6-10(19-13-9)8-14-2-4-15(5-3-14)11(16)7-12(17)18/h6H,2-5,7-8H2,1H3,(H,17,18). The van der Waals surface area contributed by atoms with Crippen molar-refractivity contribution < 1.29 is 19.2 Å². The van der Waals surface area contributed by atoms with Gasteiger partial charge in [0.25, 0.3) is 0 Å². The molecule has 1 aliphatic heterocycles. The lowest BCUT2D eigenvalue weighted by molar-refractivity contribution is -0.145. The lowest BCUT2D eigenvalue weighted by atomic mass is 10.2. The number of nitrogens with zero attached hydrogens (tertiary/aromatic N) is 3. The van der Waals surface area contributed by atoms with E-state index in [0.717, 1.165) is 11.5 Å². The van der Waals surface area contributed by atoms with Gasteiger partial charge in [-0.1, -0.05) is 5.16 Å². The van der Waals surface area contributed by atoms with Crippen molar-refractivity contribution in [3.05, 3.63) is 17.5 Å². The molecule has 19 heavy (non-hydrogen) atoms. The van der Waals surface area contributed by atoms with Crippen molar-refractivity contribution in [1.82, 2.24) is 15.0 Å². The highest BCUT2D eigenvalue weighted by Crippen LogP contribution is 2.10. The molecule has 0 bridgehead atoms. The van der Waals surface area contributed by atoms with E-state index in [1.54, 1.807) is 4.90 Å². The number of piperazine rings is 1. The van der Waals surface area contributed by atoms with Gasteiger partial charge in [-0.25, -0.2) is 0 Å². The SMILES string of the molecule is Cc1cc(CN2CCN(C(=O)CC(=O)O)CC2)on1. The minimum Gasteiger partial charge on any atom is -0.481 e. The van der Waals surface area contributed by atoms with E-state index in [0.29, 0.717) is 32.7 Å². The summed E-state index contributed by atoms with van der Waals surface area (Å²) in [5.41, 5.74) is 0.852. The Morgan fingerprint density at radius 3 is 2.58 bits per heavy atom. The summed E-state index contributed by atoms with van der Waals surface area (Å²) in [6.45, 7) is 5.08. The number of aliphatic carboxylic acids is 1. The van der Waals surface area contributed by atoms with Crippen LogP contribution < -0.4 is 0 Å². The van der Waals surface area contributed by atoms with E-state index >= 15 is 0 Å². The summed E-state index contributed by atoms with van der Waals surface area (Å²) in [5, 5.41) is 12.4. The van der Waals surface area contributed by atoms with Gasteiger partial charge in [-0.05, 0) is 6.92 Å². The van der Waals surface area contributed by atoms with Crippen molar-refractivity contribution >= 4 is 11.9 Å². The van der Waals surface area contributed by atoms with Gasteiger partial charge in [0, 0.05) is 32.2 Å². The zero-order valence-electron chi connectivity index (χ0n) is 10.8. The first kappa shape index (κ1) is 13.5. The van der Waals surface area contributed by atoms with E-state index in [9.17, 15) is 9.59 Å². The molecule has 1 amide bonds. The maximum Gasteiger partial charge on any atom is 0.312 e. The summed E-state index contributed by atoms with van der Waals surface area (Å²) in [5.74, 6) is -0.588. The summed E-state index contributed by atoms with van der Waals surface area (Å²) >= 11 is 0. The Balaban J connectivity index is 1.79. The number of rotatable bonds is 4. The first-order valence-electron chi connectivity index (χ1n) is 6.18. The number of hydrogen-bond acceptors (Lipinski definition) is 5. The molecule has 2 rings (SSSR count). The van der Waals surface area contributed by atoms with Gasteiger partial charge in [0.2, 0.25) is 5.91 Å². The van der Waals surface area contributed by atoms with Crippen LogP contribution >= 0.6 is 0 Å². The molecule has 7 heteroatoms. The molecule has 1 N–H and O–H groups in total. The summed E-state index contributed by atoms with van der Waals surface area (Å²) in [4.78, 5) is 25.8. The number of aromatic nitrogens is 1. The number of amides is 1. The third-order valence-corrected chi connectivity index (χ3v) is 3.08. The normalized spacial score (nSPS) is 16.6. The second kappa shape index (κ2) is 5.83. The van der Waals surface area contributed by atoms with Crippen LogP contribution in [0.25, 0.3) is 0 Å². The molecule has 0 atom stereocenters. The zero-order chi connectivity index (χ0) is 13.8. The van der Waals surface area contributed by atoms with Crippen LogP contribution in [0.2, 0.25) is 0 Å². The Morgan fingerprint density at radius 1 is 1.37 bits per heavy atom. The number of hydrogen-bond donors (Lipinski definition) is 1. The van der Waals surface area contributed by atoms with Gasteiger partial charge >= 0.3 is 5.97 Å². The average Bonchev–Trinajstić information content (AvgIpc) is 2.75. The van der Waals surface area contributed by atoms with Crippen molar-refractivity contribution in [3.8, 4) is 0 Å². The Morgan fingerprint density at radius 2 is 2.05 bits per heavy atom. The summed E-state index contributed by atoms with van der Waals surface area (Å²) in [6.07, 6.45) is -0.429. The molecule has 0 unspecified atom stereocenters. The van der Waals surface area contributed by atoms with Gasteiger partial charge in [-0.15, -0.1) is 0 Å². The molecule has 0 saturated carbocycles. The van der Waals surface area contributed by atoms with Crippen LogP contribution in [0.15, 0.2) is 10.6 Å². The van der Waals surface area contributed by atoms with Crippen molar-refractivity contribution in [2.75, 3.05) is 26.2 Å². The van der Waals surface area contributed by atoms with Gasteiger partial charge in [-0.3, -0.25) is 14.5 Å². The number of carbonyl (C=O) groups excluding carboxylic acids is 1. The third kappa shape index (κ3) is 3.78. The minimum absolute atomic E-state index is 0.317. The molecule has 0 spiro atoms. The first-order valence-corrected chi connectivity index (χ1v) is 6.18. The number of aryl methyl sites for hydroxylation is 1. The van der Waals surface area contributed by atoms with Crippen LogP contribution in [-0.4, -0.2) is 58.1 Å². The summed E-state index contributed by atoms with van der Waals surface area (Å²) in [7, 11) is 0. The van der Waals surface area contributed by atoms with Crippen LogP contribution in [-0.2, 0) is 16.1 Å². The van der Waals surface area contributed by atoms with Crippen molar-refractivity contribution in [2.24, 2.45) is 0 Å². The second-order valence-corrected chi connectivity index (χ2v) is 4.66. The Bertz CT molecular complexity index is 463. The predicted octanol–water partition coefficient (Wildman–Crippen LogP) is 0.102. The summed E-state index contributed by atoms with van der Waals surface area (Å²) < 4.78 is 5.14. The van der Waals surface area contributed by atoms with Crippen molar-refractivity contribution in [1.29, 1.82) is 0 Å². The summed E-state index contributed by atoms with van der Waals surface area (Å²) in [6, 6.07) is 1.89. The molecule has 104 valence electrons. The number of carboxylic acids is 1. The van der Waals surface area contributed by atoms with E-state index in [2.05, 4.69) is 10.1 Å². The van der Waals surface area contributed by atoms with E-state index in [-0.39, 0.29) is 5.91 Å². The van der Waals surface area contributed by atoms with Gasteiger partial charge < -0.3 is 14.5 Å². The Hall–Kier alpha value is -1.89. The maximum atomic E-state index is 11.6. The maximum absolute atomic E-state index is 11.6. The molecule has 1 aromatic rings. The molecule has 7 nitrogen and oxygen atoms in total. The lowest BCUT2D eigenvalue weighted by Gasteiger charge is -2.33. The fraction of sp³-hybridized carbons (Fsp3) is 0.583. The highest BCUT2D eigenvalue weighted by atomic mass is 16.5. The zero-order valence-corrected chi connectivity index (χ0v) is 10.8. The van der Waals surface area contributed by atoms with Gasteiger partial charge in [-0.2, -0.15) is 0 Å². The predicted molar refractivity (Wildman–Crippen MR) is 65.3 cm³/mol. The lowest BCUT2D eigenvalue weighted by Crippen LogP contribution is -2.48. The highest BCUT2D eigenvalue weighted by molar-refractivity contribution is 5.93. The van der Waals surface area contributed by atoms with Crippen LogP contribution in [0.3, 0.4) is 0 Å². The van der Waals surface area contributed by atoms with E-state index in [4.69, 9.17) is 9.63 Å². The second-order valence-electron chi connectivity index (χ2n) is 4.66. The molecular weight excluding hydrogens is 250 g/mol. The Labute approximate surface area is 110 Å². The third-order valence-electron chi connectivity index (χ3n) is 3.08. The number of carboxylic acid groups (broad SMARTS) is 1. The molecule has 0 radical (unpaired) electrons. The van der Waals surface area contributed by atoms with Gasteiger partial charge in [0.15, 0.2) is 5.76 Å². The van der Waals surface area contributed by atoms with E-state index < -0.39 is 12.4 Å². The minimum atomic E-state index is -1.08. The molecule has 1 aliphatic rings. The van der Waals surface area contributed by atoms with Crippen LogP contribution in [0.5, 0.6) is 0 Å². The quantitative estimate of drug-likeness (QED) is 0.779. The molecule has 0 aliphatic carbocycles. The van der Waals surface area contributed by atoms with Crippen molar-refractivity contribution in [3.63, 3.8) is 0 Å². The van der Waals surface area contributed by atoms with E-state index in [1.807, 2.05) is 13.0 Å². The van der Waals surface area contributed by atoms with E-state index in [1.165, 1.54) is 0 Å². The highest BCUT2D eigenvalue weighted by Gasteiger charge is 2.23. The van der Waals surface area contributed by atoms with Crippen LogP contribution in [0.1, 0.15) is 17.9 Å². The smallest absolute Gasteiger partial charge is 0.312 e. The largest absolute Gasteiger partial charge is 0.481 e. The molecule has 1 fully saturated rings. The Kier molecular flexibility index (Phi) is 4.16. The van der Waals surface area contributed by atoms with Crippen LogP contribution in [0.4, 0.5) is 0 Å².